The Labute approximate surface area is 204 Å². The first-order valence-electron chi connectivity index (χ1n) is 11.4. The van der Waals surface area contributed by atoms with E-state index in [1.165, 1.54) is 7.11 Å². The fraction of sp³-hybridized carbons (Fsp3) is 0.440. The summed E-state index contributed by atoms with van der Waals surface area (Å²) in [7, 11) is 3.09. The van der Waals surface area contributed by atoms with E-state index in [2.05, 4.69) is 10.2 Å². The number of rotatable bonds is 8. The lowest BCUT2D eigenvalue weighted by Crippen LogP contribution is -2.49. The van der Waals surface area contributed by atoms with Crippen molar-refractivity contribution in [1.82, 2.24) is 15.1 Å². The number of methoxy groups -OCH3 is 2. The number of hydrogen-bond acceptors (Lipinski definition) is 7. The molecule has 2 amide bonds. The third-order valence-corrected chi connectivity index (χ3v) is 7.41. The van der Waals surface area contributed by atoms with Crippen molar-refractivity contribution in [1.29, 1.82) is 0 Å². The Morgan fingerprint density at radius 3 is 2.50 bits per heavy atom. The van der Waals surface area contributed by atoms with Crippen LogP contribution in [0, 0.1) is 0 Å². The van der Waals surface area contributed by atoms with Gasteiger partial charge in [0.05, 0.1) is 27.4 Å². The molecule has 2 heterocycles. The van der Waals surface area contributed by atoms with Gasteiger partial charge in [-0.25, -0.2) is 0 Å². The molecule has 0 radical (unpaired) electrons. The molecule has 1 N–H and O–H groups in total. The summed E-state index contributed by atoms with van der Waals surface area (Å²) in [4.78, 5) is 30.9. The fourth-order valence-corrected chi connectivity index (χ4v) is 5.66. The zero-order chi connectivity index (χ0) is 23.9. The second-order valence-corrected chi connectivity index (χ2v) is 9.25. The first kappa shape index (κ1) is 24.4. The fourth-order valence-electron chi connectivity index (χ4n) is 4.23. The molecule has 2 atom stereocenters. The van der Waals surface area contributed by atoms with Crippen LogP contribution in [0.15, 0.2) is 48.5 Å². The average molecular weight is 486 g/mol. The summed E-state index contributed by atoms with van der Waals surface area (Å²) in [5.74, 6) is 1.21. The van der Waals surface area contributed by atoms with Gasteiger partial charge in [0.15, 0.2) is 11.5 Å². The van der Waals surface area contributed by atoms with E-state index in [1.807, 2.05) is 30.3 Å². The van der Waals surface area contributed by atoms with Gasteiger partial charge < -0.3 is 24.4 Å². The summed E-state index contributed by atoms with van der Waals surface area (Å²) < 4.78 is 16.1. The van der Waals surface area contributed by atoms with Crippen LogP contribution >= 0.6 is 11.8 Å². The van der Waals surface area contributed by atoms with Gasteiger partial charge in [-0.15, -0.1) is 11.8 Å². The Balaban J connectivity index is 1.53. The molecule has 182 valence electrons. The molecule has 9 heteroatoms. The molecule has 2 fully saturated rings. The van der Waals surface area contributed by atoms with Gasteiger partial charge in [0, 0.05) is 37.5 Å². The minimum atomic E-state index is -0.569. The highest BCUT2D eigenvalue weighted by Crippen LogP contribution is 2.42. The second kappa shape index (κ2) is 11.6. The van der Waals surface area contributed by atoms with Crippen LogP contribution in [0.1, 0.15) is 21.3 Å². The van der Waals surface area contributed by atoms with Gasteiger partial charge in [0.2, 0.25) is 5.91 Å². The van der Waals surface area contributed by atoms with Crippen LogP contribution in [-0.4, -0.2) is 87.0 Å². The van der Waals surface area contributed by atoms with Crippen molar-refractivity contribution < 1.29 is 23.8 Å². The van der Waals surface area contributed by atoms with Crippen LogP contribution in [-0.2, 0) is 9.53 Å². The third-order valence-electron chi connectivity index (χ3n) is 6.08. The van der Waals surface area contributed by atoms with E-state index in [9.17, 15) is 9.59 Å². The minimum absolute atomic E-state index is 0.131. The number of amides is 2. The maximum Gasteiger partial charge on any atom is 0.255 e. The molecule has 2 aromatic carbocycles. The van der Waals surface area contributed by atoms with Crippen LogP contribution in [0.25, 0.3) is 0 Å². The van der Waals surface area contributed by atoms with E-state index in [1.54, 1.807) is 42.0 Å². The number of nitrogens with zero attached hydrogens (tertiary/aromatic N) is 2. The number of hydrogen-bond donors (Lipinski definition) is 1. The quantitative estimate of drug-likeness (QED) is 0.615. The minimum Gasteiger partial charge on any atom is -0.493 e. The van der Waals surface area contributed by atoms with Crippen LogP contribution < -0.4 is 14.8 Å². The topological polar surface area (TPSA) is 80.3 Å². The summed E-state index contributed by atoms with van der Waals surface area (Å²) >= 11 is 1.60. The standard InChI is InChI=1S/C25H31N3O5S/c1-31-21-9-8-19(16-22(21)32-2)24(30)28-20(17-34-25(28)18-6-4-3-5-7-18)23(29)26-10-11-27-12-14-33-15-13-27/h3-9,16,20,25H,10-15,17H2,1-2H3,(H,26,29)/t20-,25+/m0/s1. The normalized spacial score (nSPS) is 20.7. The van der Waals surface area contributed by atoms with Gasteiger partial charge in [0.1, 0.15) is 11.4 Å². The second-order valence-electron chi connectivity index (χ2n) is 8.14. The molecule has 0 spiro atoms. The Kier molecular flexibility index (Phi) is 8.31. The number of thioether (sulfide) groups is 1. The van der Waals surface area contributed by atoms with Crippen molar-refractivity contribution in [3.63, 3.8) is 0 Å². The average Bonchev–Trinajstić information content (AvgIpc) is 3.34. The first-order valence-corrected chi connectivity index (χ1v) is 12.5. The molecule has 0 bridgehead atoms. The highest BCUT2D eigenvalue weighted by Gasteiger charge is 2.42. The Morgan fingerprint density at radius 1 is 1.06 bits per heavy atom. The Morgan fingerprint density at radius 2 is 1.79 bits per heavy atom. The van der Waals surface area contributed by atoms with Crippen LogP contribution in [0.5, 0.6) is 11.5 Å². The largest absolute Gasteiger partial charge is 0.493 e. The van der Waals surface area contributed by atoms with E-state index in [-0.39, 0.29) is 17.2 Å². The summed E-state index contributed by atoms with van der Waals surface area (Å²) in [6, 6.07) is 14.3. The van der Waals surface area contributed by atoms with E-state index >= 15 is 0 Å². The molecular formula is C25H31N3O5S. The van der Waals surface area contributed by atoms with Gasteiger partial charge in [-0.1, -0.05) is 30.3 Å². The van der Waals surface area contributed by atoms with Gasteiger partial charge in [0.25, 0.3) is 5.91 Å². The number of nitrogens with one attached hydrogen (secondary N) is 1. The van der Waals surface area contributed by atoms with Gasteiger partial charge in [-0.3, -0.25) is 14.5 Å². The maximum atomic E-state index is 13.7. The van der Waals surface area contributed by atoms with Gasteiger partial charge in [-0.2, -0.15) is 0 Å². The van der Waals surface area contributed by atoms with Crippen molar-refractivity contribution in [2.24, 2.45) is 0 Å². The van der Waals surface area contributed by atoms with E-state index in [0.29, 0.717) is 29.4 Å². The van der Waals surface area contributed by atoms with Crippen LogP contribution in [0.3, 0.4) is 0 Å². The molecule has 2 aromatic rings. The molecule has 2 saturated heterocycles. The van der Waals surface area contributed by atoms with Gasteiger partial charge >= 0.3 is 0 Å². The predicted octanol–water partition coefficient (Wildman–Crippen LogP) is 2.41. The molecular weight excluding hydrogens is 454 g/mol. The molecule has 8 nitrogen and oxygen atoms in total. The predicted molar refractivity (Wildman–Crippen MR) is 131 cm³/mol. The Bertz CT molecular complexity index is 984. The zero-order valence-electron chi connectivity index (χ0n) is 19.6. The van der Waals surface area contributed by atoms with Crippen molar-refractivity contribution in [2.45, 2.75) is 11.4 Å². The molecule has 4 rings (SSSR count). The monoisotopic (exact) mass is 485 g/mol. The summed E-state index contributed by atoms with van der Waals surface area (Å²) in [6.45, 7) is 4.48. The van der Waals surface area contributed by atoms with E-state index < -0.39 is 6.04 Å². The lowest BCUT2D eigenvalue weighted by Gasteiger charge is -2.30. The van der Waals surface area contributed by atoms with Crippen molar-refractivity contribution in [3.8, 4) is 11.5 Å². The molecule has 0 aromatic heterocycles. The molecule has 0 unspecified atom stereocenters. The van der Waals surface area contributed by atoms with Crippen molar-refractivity contribution in [3.05, 3.63) is 59.7 Å². The van der Waals surface area contributed by atoms with E-state index in [0.717, 1.165) is 38.4 Å². The number of benzene rings is 2. The highest BCUT2D eigenvalue weighted by atomic mass is 32.2. The lowest BCUT2D eigenvalue weighted by molar-refractivity contribution is -0.124. The summed E-state index contributed by atoms with van der Waals surface area (Å²) in [6.07, 6.45) is 0. The molecule has 0 aliphatic carbocycles. The maximum absolute atomic E-state index is 13.7. The molecule has 34 heavy (non-hydrogen) atoms. The number of carbonyl (C=O) groups is 2. The smallest absolute Gasteiger partial charge is 0.255 e. The lowest BCUT2D eigenvalue weighted by atomic mass is 10.1. The number of ether oxygens (including phenoxy) is 3. The third kappa shape index (κ3) is 5.48. The van der Waals surface area contributed by atoms with Crippen LogP contribution in [0.2, 0.25) is 0 Å². The first-order chi connectivity index (χ1) is 16.6. The SMILES string of the molecule is COc1ccc(C(=O)N2[C@@H](c3ccccc3)SC[C@H]2C(=O)NCCN2CCOCC2)cc1OC. The summed E-state index contributed by atoms with van der Waals surface area (Å²) in [5, 5.41) is 2.79. The molecule has 2 aliphatic heterocycles. The zero-order valence-corrected chi connectivity index (χ0v) is 20.4. The number of carbonyl (C=O) groups excluding carboxylic acids is 2. The highest BCUT2D eigenvalue weighted by molar-refractivity contribution is 7.99. The van der Waals surface area contributed by atoms with Crippen molar-refractivity contribution in [2.75, 3.05) is 59.4 Å². The van der Waals surface area contributed by atoms with Crippen LogP contribution in [0.4, 0.5) is 0 Å². The number of morpholine rings is 1. The van der Waals surface area contributed by atoms with Crippen molar-refractivity contribution >= 4 is 23.6 Å². The molecule has 2 aliphatic rings. The molecule has 0 saturated carbocycles. The van der Waals surface area contributed by atoms with Gasteiger partial charge in [-0.05, 0) is 23.8 Å². The van der Waals surface area contributed by atoms with E-state index in [4.69, 9.17) is 14.2 Å². The summed E-state index contributed by atoms with van der Waals surface area (Å²) in [5.41, 5.74) is 1.44. The Hall–Kier alpha value is -2.75.